The first-order valence-corrected chi connectivity index (χ1v) is 7.91. The molecule has 0 aliphatic rings. The van der Waals surface area contributed by atoms with Crippen LogP contribution in [-0.4, -0.2) is 27.5 Å². The molecular weight excluding hydrogens is 320 g/mol. The maximum absolute atomic E-state index is 12.3. The molecule has 0 unspecified atom stereocenters. The molecule has 22 heavy (non-hydrogen) atoms. The van der Waals surface area contributed by atoms with Gasteiger partial charge in [-0.2, -0.15) is 0 Å². The number of rotatable bonds is 3. The van der Waals surface area contributed by atoms with Crippen LogP contribution in [-0.2, 0) is 13.6 Å². The van der Waals surface area contributed by atoms with Gasteiger partial charge in [-0.05, 0) is 6.07 Å². The van der Waals surface area contributed by atoms with Crippen molar-refractivity contribution in [3.63, 3.8) is 0 Å². The molecule has 1 N–H and O–H groups in total. The molecule has 0 aliphatic carbocycles. The first kappa shape index (κ1) is 14.9. The Hall–Kier alpha value is -2.05. The fourth-order valence-electron chi connectivity index (χ4n) is 2.12. The lowest BCUT2D eigenvalue weighted by Gasteiger charge is -2.17. The van der Waals surface area contributed by atoms with Gasteiger partial charge in [-0.1, -0.05) is 29.8 Å². The zero-order valence-corrected chi connectivity index (χ0v) is 13.8. The van der Waals surface area contributed by atoms with Gasteiger partial charge in [0, 0.05) is 36.6 Å². The van der Waals surface area contributed by atoms with E-state index >= 15 is 0 Å². The maximum atomic E-state index is 12.3. The number of carbonyl (C=O) groups is 1. The average Bonchev–Trinajstić information content (AvgIpc) is 3.04. The van der Waals surface area contributed by atoms with E-state index in [9.17, 15) is 4.79 Å². The Morgan fingerprint density at radius 2 is 2.23 bits per heavy atom. The molecule has 1 aromatic carbocycles. The van der Waals surface area contributed by atoms with Gasteiger partial charge in [0.25, 0.3) is 0 Å². The minimum absolute atomic E-state index is 0.212. The SMILES string of the molecule is CN(Cc1nccn1C)C(=O)Nc1sc2ccccc2c1Cl. The second kappa shape index (κ2) is 5.98. The summed E-state index contributed by atoms with van der Waals surface area (Å²) in [7, 11) is 3.63. The van der Waals surface area contributed by atoms with E-state index in [2.05, 4.69) is 10.3 Å². The molecule has 0 saturated carbocycles. The lowest BCUT2D eigenvalue weighted by atomic mass is 10.3. The number of imidazole rings is 1. The number of fused-ring (bicyclic) bond motifs is 1. The van der Waals surface area contributed by atoms with Crippen LogP contribution in [0.5, 0.6) is 0 Å². The summed E-state index contributed by atoms with van der Waals surface area (Å²) in [5, 5.41) is 5.07. The molecule has 0 fully saturated rings. The highest BCUT2D eigenvalue weighted by molar-refractivity contribution is 7.23. The Bertz CT molecular complexity index is 826. The minimum Gasteiger partial charge on any atom is -0.337 e. The molecule has 0 aliphatic heterocycles. The topological polar surface area (TPSA) is 50.2 Å². The van der Waals surface area contributed by atoms with Crippen molar-refractivity contribution in [2.75, 3.05) is 12.4 Å². The van der Waals surface area contributed by atoms with E-state index in [1.807, 2.05) is 42.1 Å². The van der Waals surface area contributed by atoms with Gasteiger partial charge in [-0.25, -0.2) is 9.78 Å². The summed E-state index contributed by atoms with van der Waals surface area (Å²) in [6.45, 7) is 0.428. The number of halogens is 1. The van der Waals surface area contributed by atoms with Gasteiger partial charge in [-0.3, -0.25) is 5.32 Å². The van der Waals surface area contributed by atoms with Crippen molar-refractivity contribution >= 4 is 44.1 Å². The number of hydrogen-bond donors (Lipinski definition) is 1. The van der Waals surface area contributed by atoms with Gasteiger partial charge in [0.1, 0.15) is 10.8 Å². The predicted molar refractivity (Wildman–Crippen MR) is 90.5 cm³/mol. The first-order chi connectivity index (χ1) is 10.6. The number of aromatic nitrogens is 2. The van der Waals surface area contributed by atoms with Crippen LogP contribution in [0.1, 0.15) is 5.82 Å². The number of aryl methyl sites for hydroxylation is 1. The van der Waals surface area contributed by atoms with Crippen LogP contribution < -0.4 is 5.32 Å². The van der Waals surface area contributed by atoms with Crippen molar-refractivity contribution in [1.82, 2.24) is 14.5 Å². The van der Waals surface area contributed by atoms with E-state index in [-0.39, 0.29) is 6.03 Å². The number of benzene rings is 1. The van der Waals surface area contributed by atoms with Gasteiger partial charge in [0.2, 0.25) is 0 Å². The standard InChI is InChI=1S/C15H15ClN4OS/c1-19-8-7-17-12(19)9-20(2)15(21)18-14-13(16)10-5-3-4-6-11(10)22-14/h3-8H,9H2,1-2H3,(H,18,21). The average molecular weight is 335 g/mol. The van der Waals surface area contributed by atoms with E-state index in [1.165, 1.54) is 11.3 Å². The zero-order valence-electron chi connectivity index (χ0n) is 12.2. The fourth-order valence-corrected chi connectivity index (χ4v) is 3.49. The number of carbonyl (C=O) groups excluding carboxylic acids is 1. The van der Waals surface area contributed by atoms with E-state index in [0.29, 0.717) is 16.6 Å². The quantitative estimate of drug-likeness (QED) is 0.788. The Morgan fingerprint density at radius 1 is 1.45 bits per heavy atom. The summed E-state index contributed by atoms with van der Waals surface area (Å²) in [6.07, 6.45) is 3.56. The molecule has 0 bridgehead atoms. The summed E-state index contributed by atoms with van der Waals surface area (Å²) < 4.78 is 2.94. The molecule has 3 rings (SSSR count). The Labute approximate surface area is 137 Å². The van der Waals surface area contributed by atoms with Gasteiger partial charge >= 0.3 is 6.03 Å². The molecule has 0 atom stereocenters. The fraction of sp³-hybridized carbons (Fsp3) is 0.200. The number of hydrogen-bond acceptors (Lipinski definition) is 3. The summed E-state index contributed by atoms with van der Waals surface area (Å²) in [4.78, 5) is 18.1. The number of thiophene rings is 1. The van der Waals surface area contributed by atoms with E-state index in [0.717, 1.165) is 15.9 Å². The third-order valence-electron chi connectivity index (χ3n) is 3.40. The second-order valence-corrected chi connectivity index (χ2v) is 6.41. The lowest BCUT2D eigenvalue weighted by Crippen LogP contribution is -2.31. The third kappa shape index (κ3) is 2.80. The normalized spacial score (nSPS) is 10.9. The zero-order chi connectivity index (χ0) is 15.7. The van der Waals surface area contributed by atoms with E-state index < -0.39 is 0 Å². The van der Waals surface area contributed by atoms with Crippen molar-refractivity contribution in [1.29, 1.82) is 0 Å². The van der Waals surface area contributed by atoms with Crippen LogP contribution in [0.3, 0.4) is 0 Å². The van der Waals surface area contributed by atoms with E-state index in [1.54, 1.807) is 18.1 Å². The van der Waals surface area contributed by atoms with Gasteiger partial charge in [0.15, 0.2) is 0 Å². The maximum Gasteiger partial charge on any atom is 0.322 e. The second-order valence-electron chi connectivity index (χ2n) is 4.98. The van der Waals surface area contributed by atoms with Crippen LogP contribution in [0.15, 0.2) is 36.7 Å². The minimum atomic E-state index is -0.212. The third-order valence-corrected chi connectivity index (χ3v) is 4.99. The van der Waals surface area contributed by atoms with Crippen molar-refractivity contribution in [3.8, 4) is 0 Å². The molecule has 114 valence electrons. The molecule has 2 amide bonds. The summed E-state index contributed by atoms with van der Waals surface area (Å²) in [5.74, 6) is 0.820. The van der Waals surface area contributed by atoms with Gasteiger partial charge < -0.3 is 9.47 Å². The van der Waals surface area contributed by atoms with Crippen LogP contribution in [0.2, 0.25) is 5.02 Å². The van der Waals surface area contributed by atoms with Crippen molar-refractivity contribution < 1.29 is 4.79 Å². The molecule has 5 nitrogen and oxygen atoms in total. The van der Waals surface area contributed by atoms with Crippen molar-refractivity contribution in [3.05, 3.63) is 47.5 Å². The highest BCUT2D eigenvalue weighted by Crippen LogP contribution is 2.39. The summed E-state index contributed by atoms with van der Waals surface area (Å²) in [6, 6.07) is 7.60. The molecule has 2 aromatic heterocycles. The Morgan fingerprint density at radius 3 is 2.91 bits per heavy atom. The van der Waals surface area contributed by atoms with Crippen molar-refractivity contribution in [2.24, 2.45) is 7.05 Å². The van der Waals surface area contributed by atoms with Crippen LogP contribution >= 0.6 is 22.9 Å². The number of amides is 2. The van der Waals surface area contributed by atoms with Crippen LogP contribution in [0, 0.1) is 0 Å². The number of nitrogens with one attached hydrogen (secondary N) is 1. The monoisotopic (exact) mass is 334 g/mol. The van der Waals surface area contributed by atoms with Gasteiger partial charge in [0.05, 0.1) is 11.6 Å². The molecule has 0 radical (unpaired) electrons. The van der Waals surface area contributed by atoms with Crippen LogP contribution in [0.4, 0.5) is 9.80 Å². The largest absolute Gasteiger partial charge is 0.337 e. The molecule has 3 aromatic rings. The Balaban J connectivity index is 1.75. The first-order valence-electron chi connectivity index (χ1n) is 6.71. The summed E-state index contributed by atoms with van der Waals surface area (Å²) >= 11 is 7.80. The number of urea groups is 1. The smallest absolute Gasteiger partial charge is 0.322 e. The molecule has 0 spiro atoms. The summed E-state index contributed by atoms with van der Waals surface area (Å²) in [5.41, 5.74) is 0. The van der Waals surface area contributed by atoms with Gasteiger partial charge in [-0.15, -0.1) is 11.3 Å². The van der Waals surface area contributed by atoms with E-state index in [4.69, 9.17) is 11.6 Å². The van der Waals surface area contributed by atoms with Crippen molar-refractivity contribution in [2.45, 2.75) is 6.54 Å². The molecule has 7 heteroatoms. The molecular formula is C15H15ClN4OS. The Kier molecular flexibility index (Phi) is 4.04. The molecule has 0 saturated heterocycles. The van der Waals surface area contributed by atoms with Crippen LogP contribution in [0.25, 0.3) is 10.1 Å². The highest BCUT2D eigenvalue weighted by Gasteiger charge is 2.16. The number of nitrogens with zero attached hydrogens (tertiary/aromatic N) is 3. The number of anilines is 1. The predicted octanol–water partition coefficient (Wildman–Crippen LogP) is 3.95. The highest BCUT2D eigenvalue weighted by atomic mass is 35.5. The lowest BCUT2D eigenvalue weighted by molar-refractivity contribution is 0.219. The molecule has 2 heterocycles.